The molecule has 0 spiro atoms. The Morgan fingerprint density at radius 2 is 2.16 bits per heavy atom. The summed E-state index contributed by atoms with van der Waals surface area (Å²) < 4.78 is 7.07. The minimum absolute atomic E-state index is 0.0736. The highest BCUT2D eigenvalue weighted by Crippen LogP contribution is 2.22. The number of nitrogens with zero attached hydrogens (tertiary/aromatic N) is 2. The van der Waals surface area contributed by atoms with Crippen molar-refractivity contribution in [1.82, 2.24) is 9.38 Å². The Kier molecular flexibility index (Phi) is 3.46. The number of pyridine rings is 1. The highest BCUT2D eigenvalue weighted by Gasteiger charge is 2.20. The number of aromatic nitrogens is 2. The van der Waals surface area contributed by atoms with Crippen molar-refractivity contribution < 1.29 is 14.6 Å². The standard InChI is InChI=1S/C14H18N2O3/c1-14(2,3)7-9-19-12-11(13(17)18)16-8-5-4-6-10(16)15-12/h4-6,8H,7,9H2,1-3H3,(H,17,18). The molecule has 0 unspecified atom stereocenters. The van der Waals surface area contributed by atoms with Crippen molar-refractivity contribution in [3.63, 3.8) is 0 Å². The molecule has 0 aromatic carbocycles. The fourth-order valence-corrected chi connectivity index (χ4v) is 1.72. The lowest BCUT2D eigenvalue weighted by Crippen LogP contribution is -2.12. The summed E-state index contributed by atoms with van der Waals surface area (Å²) >= 11 is 0. The maximum absolute atomic E-state index is 11.3. The summed E-state index contributed by atoms with van der Waals surface area (Å²) in [7, 11) is 0. The Morgan fingerprint density at radius 1 is 1.42 bits per heavy atom. The molecule has 5 heteroatoms. The van der Waals surface area contributed by atoms with E-state index in [1.54, 1.807) is 18.3 Å². The van der Waals surface area contributed by atoms with Crippen molar-refractivity contribution in [2.75, 3.05) is 6.61 Å². The van der Waals surface area contributed by atoms with Crippen LogP contribution in [0.2, 0.25) is 0 Å². The molecule has 0 saturated heterocycles. The topological polar surface area (TPSA) is 63.8 Å². The smallest absolute Gasteiger partial charge is 0.358 e. The van der Waals surface area contributed by atoms with Gasteiger partial charge in [-0.3, -0.25) is 4.40 Å². The van der Waals surface area contributed by atoms with Crippen molar-refractivity contribution in [2.24, 2.45) is 5.41 Å². The van der Waals surface area contributed by atoms with E-state index in [-0.39, 0.29) is 17.0 Å². The summed E-state index contributed by atoms with van der Waals surface area (Å²) in [5.41, 5.74) is 0.790. The molecule has 0 saturated carbocycles. The first kappa shape index (κ1) is 13.4. The number of hydrogen-bond acceptors (Lipinski definition) is 3. The summed E-state index contributed by atoms with van der Waals surface area (Å²) in [4.78, 5) is 15.5. The number of rotatable bonds is 4. The lowest BCUT2D eigenvalue weighted by atomic mass is 9.93. The fraction of sp³-hybridized carbons (Fsp3) is 0.429. The summed E-state index contributed by atoms with van der Waals surface area (Å²) in [6.07, 6.45) is 2.50. The number of carboxylic acid groups (broad SMARTS) is 1. The number of aromatic carboxylic acids is 1. The zero-order valence-electron chi connectivity index (χ0n) is 11.4. The van der Waals surface area contributed by atoms with Crippen LogP contribution >= 0.6 is 0 Å². The van der Waals surface area contributed by atoms with Gasteiger partial charge in [0.1, 0.15) is 5.65 Å². The van der Waals surface area contributed by atoms with Gasteiger partial charge in [0.25, 0.3) is 0 Å². The van der Waals surface area contributed by atoms with Crippen LogP contribution in [0.4, 0.5) is 0 Å². The molecule has 0 radical (unpaired) electrons. The minimum atomic E-state index is -1.04. The van der Waals surface area contributed by atoms with Crippen LogP contribution in [0.3, 0.4) is 0 Å². The highest BCUT2D eigenvalue weighted by atomic mass is 16.5. The zero-order valence-corrected chi connectivity index (χ0v) is 11.4. The first-order valence-corrected chi connectivity index (χ1v) is 6.22. The van der Waals surface area contributed by atoms with Crippen LogP contribution in [0.1, 0.15) is 37.7 Å². The second-order valence-electron chi connectivity index (χ2n) is 5.66. The minimum Gasteiger partial charge on any atom is -0.476 e. The number of carbonyl (C=O) groups is 1. The van der Waals surface area contributed by atoms with E-state index in [0.29, 0.717) is 12.3 Å². The van der Waals surface area contributed by atoms with Crippen molar-refractivity contribution >= 4 is 11.6 Å². The van der Waals surface area contributed by atoms with Crippen LogP contribution in [0.15, 0.2) is 24.4 Å². The van der Waals surface area contributed by atoms with Gasteiger partial charge < -0.3 is 9.84 Å². The summed E-state index contributed by atoms with van der Waals surface area (Å²) in [5.74, 6) is -0.854. The van der Waals surface area contributed by atoms with Gasteiger partial charge in [0.05, 0.1) is 6.61 Å². The van der Waals surface area contributed by atoms with Gasteiger partial charge in [0.15, 0.2) is 5.69 Å². The van der Waals surface area contributed by atoms with Gasteiger partial charge in [-0.2, -0.15) is 4.98 Å². The van der Waals surface area contributed by atoms with E-state index in [1.807, 2.05) is 6.07 Å². The van der Waals surface area contributed by atoms with Gasteiger partial charge >= 0.3 is 5.97 Å². The van der Waals surface area contributed by atoms with Crippen LogP contribution < -0.4 is 4.74 Å². The molecule has 0 fully saturated rings. The van der Waals surface area contributed by atoms with E-state index in [2.05, 4.69) is 25.8 Å². The van der Waals surface area contributed by atoms with E-state index in [9.17, 15) is 9.90 Å². The van der Waals surface area contributed by atoms with Crippen LogP contribution in [0, 0.1) is 5.41 Å². The average molecular weight is 262 g/mol. The van der Waals surface area contributed by atoms with Gasteiger partial charge in [0, 0.05) is 6.20 Å². The number of hydrogen-bond donors (Lipinski definition) is 1. The van der Waals surface area contributed by atoms with Gasteiger partial charge in [-0.05, 0) is 24.0 Å². The summed E-state index contributed by atoms with van der Waals surface area (Å²) in [5, 5.41) is 9.27. The molecular weight excluding hydrogens is 244 g/mol. The predicted octanol–water partition coefficient (Wildman–Crippen LogP) is 2.85. The largest absolute Gasteiger partial charge is 0.476 e. The molecule has 2 aromatic rings. The van der Waals surface area contributed by atoms with Gasteiger partial charge in [0.2, 0.25) is 5.88 Å². The Morgan fingerprint density at radius 3 is 2.79 bits per heavy atom. The first-order chi connectivity index (χ1) is 8.88. The van der Waals surface area contributed by atoms with Crippen LogP contribution in [-0.4, -0.2) is 27.1 Å². The van der Waals surface area contributed by atoms with Crippen molar-refractivity contribution in [3.05, 3.63) is 30.1 Å². The molecule has 0 bridgehead atoms. The molecule has 1 N–H and O–H groups in total. The van der Waals surface area contributed by atoms with E-state index in [0.717, 1.165) is 6.42 Å². The second kappa shape index (κ2) is 4.91. The maximum atomic E-state index is 11.3. The van der Waals surface area contributed by atoms with Crippen molar-refractivity contribution in [2.45, 2.75) is 27.2 Å². The Balaban J connectivity index is 2.27. The Labute approximate surface area is 111 Å². The number of ether oxygens (including phenoxy) is 1. The summed E-state index contributed by atoms with van der Waals surface area (Å²) in [6.45, 7) is 6.78. The van der Waals surface area contributed by atoms with Crippen LogP contribution in [0.25, 0.3) is 5.65 Å². The fourth-order valence-electron chi connectivity index (χ4n) is 1.72. The molecule has 0 aliphatic carbocycles. The lowest BCUT2D eigenvalue weighted by Gasteiger charge is -2.17. The average Bonchev–Trinajstić information content (AvgIpc) is 2.65. The molecule has 2 rings (SSSR count). The first-order valence-electron chi connectivity index (χ1n) is 6.22. The molecule has 0 atom stereocenters. The van der Waals surface area contributed by atoms with E-state index in [4.69, 9.17) is 4.74 Å². The van der Waals surface area contributed by atoms with E-state index >= 15 is 0 Å². The molecule has 2 heterocycles. The van der Waals surface area contributed by atoms with Gasteiger partial charge in [-0.1, -0.05) is 26.8 Å². The molecular formula is C14H18N2O3. The molecule has 2 aromatic heterocycles. The lowest BCUT2D eigenvalue weighted by molar-refractivity contribution is 0.0683. The molecule has 5 nitrogen and oxygen atoms in total. The third-order valence-corrected chi connectivity index (χ3v) is 2.79. The number of fused-ring (bicyclic) bond motifs is 1. The Hall–Kier alpha value is -2.04. The molecule has 102 valence electrons. The van der Waals surface area contributed by atoms with E-state index < -0.39 is 5.97 Å². The SMILES string of the molecule is CC(C)(C)CCOc1nc2ccccn2c1C(=O)O. The number of imidazole rings is 1. The highest BCUT2D eigenvalue weighted by molar-refractivity contribution is 5.89. The van der Waals surface area contributed by atoms with Crippen molar-refractivity contribution in [3.8, 4) is 5.88 Å². The van der Waals surface area contributed by atoms with Gasteiger partial charge in [-0.25, -0.2) is 4.79 Å². The third kappa shape index (κ3) is 3.05. The summed E-state index contributed by atoms with van der Waals surface area (Å²) in [6, 6.07) is 5.33. The number of carboxylic acids is 1. The predicted molar refractivity (Wildman–Crippen MR) is 71.7 cm³/mol. The van der Waals surface area contributed by atoms with Crippen molar-refractivity contribution in [1.29, 1.82) is 0 Å². The normalized spacial score (nSPS) is 11.7. The molecule has 0 amide bonds. The Bertz CT molecular complexity index is 596. The monoisotopic (exact) mass is 262 g/mol. The van der Waals surface area contributed by atoms with Crippen LogP contribution in [-0.2, 0) is 0 Å². The third-order valence-electron chi connectivity index (χ3n) is 2.79. The molecule has 0 aliphatic rings. The zero-order chi connectivity index (χ0) is 14.0. The second-order valence-corrected chi connectivity index (χ2v) is 5.66. The van der Waals surface area contributed by atoms with Gasteiger partial charge in [-0.15, -0.1) is 0 Å². The maximum Gasteiger partial charge on any atom is 0.358 e. The quantitative estimate of drug-likeness (QED) is 0.920. The molecule has 0 aliphatic heterocycles. The van der Waals surface area contributed by atoms with E-state index in [1.165, 1.54) is 4.40 Å². The molecule has 19 heavy (non-hydrogen) atoms. The van der Waals surface area contributed by atoms with Crippen LogP contribution in [0.5, 0.6) is 5.88 Å².